The molecule has 0 aliphatic heterocycles. The van der Waals surface area contributed by atoms with Crippen LogP contribution in [0.25, 0.3) is 0 Å². The first-order valence-corrected chi connectivity index (χ1v) is 8.83. The third kappa shape index (κ3) is 3.44. The van der Waals surface area contributed by atoms with Gasteiger partial charge in [0, 0.05) is 17.6 Å². The average molecular weight is 334 g/mol. The molecule has 126 valence electrons. The first kappa shape index (κ1) is 16.9. The van der Waals surface area contributed by atoms with E-state index in [-0.39, 0.29) is 12.4 Å². The Morgan fingerprint density at radius 1 is 1.09 bits per heavy atom. The third-order valence-corrected chi connectivity index (χ3v) is 6.02. The number of hydrogen-bond acceptors (Lipinski definition) is 2. The average Bonchev–Trinajstić information content (AvgIpc) is 2.50. The van der Waals surface area contributed by atoms with Crippen LogP contribution in [0.4, 0.5) is 0 Å². The molecule has 1 aromatic rings. The molecule has 4 aliphatic rings. The summed E-state index contributed by atoms with van der Waals surface area (Å²) in [5.41, 5.74) is 1.69. The second-order valence-electron chi connectivity index (χ2n) is 7.76. The van der Waals surface area contributed by atoms with Gasteiger partial charge in [-0.25, -0.2) is 0 Å². The molecule has 5 rings (SSSR count). The lowest BCUT2D eigenvalue weighted by atomic mass is 9.53. The van der Waals surface area contributed by atoms with Gasteiger partial charge >= 0.3 is 0 Å². The fourth-order valence-electron chi connectivity index (χ4n) is 5.55. The maximum absolute atomic E-state index is 5.80. The highest BCUT2D eigenvalue weighted by Crippen LogP contribution is 2.55. The Balaban J connectivity index is 0.00000156. The van der Waals surface area contributed by atoms with Crippen LogP contribution in [0.1, 0.15) is 44.1 Å². The summed E-state index contributed by atoms with van der Waals surface area (Å²) in [5.74, 6) is 3.97. The van der Waals surface area contributed by atoms with E-state index in [1.165, 1.54) is 44.1 Å². The van der Waals surface area contributed by atoms with Crippen molar-refractivity contribution in [3.8, 4) is 5.75 Å². The van der Waals surface area contributed by atoms with E-state index in [0.717, 1.165) is 30.0 Å². The predicted octanol–water partition coefficient (Wildman–Crippen LogP) is 4.73. The fraction of sp³-hybridized carbons (Fsp3) is 0.600. The van der Waals surface area contributed by atoms with Crippen molar-refractivity contribution in [3.05, 3.63) is 42.5 Å². The maximum Gasteiger partial charge on any atom is 0.124 e. The lowest BCUT2D eigenvalue weighted by molar-refractivity contribution is -0.0206. The minimum absolute atomic E-state index is 0. The van der Waals surface area contributed by atoms with E-state index in [1.807, 2.05) is 12.1 Å². The number of para-hydroxylation sites is 1. The summed E-state index contributed by atoms with van der Waals surface area (Å²) in [4.78, 5) is 0. The predicted molar refractivity (Wildman–Crippen MR) is 97.1 cm³/mol. The molecule has 0 amide bonds. The molecule has 0 spiro atoms. The summed E-state index contributed by atoms with van der Waals surface area (Å²) in [6.45, 7) is 5.25. The zero-order valence-electron chi connectivity index (χ0n) is 13.8. The van der Waals surface area contributed by atoms with Gasteiger partial charge in [0.25, 0.3) is 0 Å². The van der Waals surface area contributed by atoms with Crippen molar-refractivity contribution in [2.24, 2.45) is 17.8 Å². The van der Waals surface area contributed by atoms with Crippen LogP contribution >= 0.6 is 12.4 Å². The number of halogens is 1. The molecule has 2 nitrogen and oxygen atoms in total. The van der Waals surface area contributed by atoms with Crippen LogP contribution in [-0.4, -0.2) is 12.1 Å². The Bertz CT molecular complexity index is 521. The van der Waals surface area contributed by atoms with E-state index < -0.39 is 0 Å². The van der Waals surface area contributed by atoms with Gasteiger partial charge in [-0.15, -0.1) is 12.4 Å². The molecule has 4 bridgehead atoms. The van der Waals surface area contributed by atoms with E-state index >= 15 is 0 Å². The monoisotopic (exact) mass is 333 g/mol. The second-order valence-corrected chi connectivity index (χ2v) is 7.76. The lowest BCUT2D eigenvalue weighted by Gasteiger charge is -2.57. The van der Waals surface area contributed by atoms with Crippen molar-refractivity contribution in [3.63, 3.8) is 0 Å². The van der Waals surface area contributed by atoms with Crippen molar-refractivity contribution in [2.45, 2.75) is 50.6 Å². The van der Waals surface area contributed by atoms with Crippen LogP contribution in [0.15, 0.2) is 36.9 Å². The second kappa shape index (κ2) is 6.86. The Hall–Kier alpha value is -0.990. The summed E-state index contributed by atoms with van der Waals surface area (Å²) < 4.78 is 5.80. The van der Waals surface area contributed by atoms with Gasteiger partial charge in [-0.1, -0.05) is 30.9 Å². The van der Waals surface area contributed by atoms with Crippen molar-refractivity contribution in [1.82, 2.24) is 5.32 Å². The SMILES string of the molecule is C=CCOc1ccccc1CNC12CC3CC(CC(C3)C1)C2.Cl. The molecular weight excluding hydrogens is 306 g/mol. The lowest BCUT2D eigenvalue weighted by Crippen LogP contribution is -2.58. The zero-order valence-corrected chi connectivity index (χ0v) is 14.6. The van der Waals surface area contributed by atoms with E-state index in [2.05, 4.69) is 30.1 Å². The van der Waals surface area contributed by atoms with Crippen molar-refractivity contribution < 1.29 is 4.74 Å². The summed E-state index contributed by atoms with van der Waals surface area (Å²) >= 11 is 0. The number of ether oxygens (including phenoxy) is 1. The summed E-state index contributed by atoms with van der Waals surface area (Å²) in [5, 5.41) is 3.95. The molecule has 0 aromatic heterocycles. The molecule has 4 aliphatic carbocycles. The molecule has 4 fully saturated rings. The van der Waals surface area contributed by atoms with E-state index in [4.69, 9.17) is 4.74 Å². The first-order valence-electron chi connectivity index (χ1n) is 8.83. The number of nitrogens with one attached hydrogen (secondary N) is 1. The van der Waals surface area contributed by atoms with E-state index in [9.17, 15) is 0 Å². The van der Waals surface area contributed by atoms with Crippen LogP contribution in [0, 0.1) is 17.8 Å². The molecule has 0 atom stereocenters. The molecule has 0 unspecified atom stereocenters. The zero-order chi connectivity index (χ0) is 15.0. The maximum atomic E-state index is 5.80. The quantitative estimate of drug-likeness (QED) is 0.760. The smallest absolute Gasteiger partial charge is 0.124 e. The highest BCUT2D eigenvalue weighted by Gasteiger charge is 2.50. The molecule has 1 N–H and O–H groups in total. The fourth-order valence-corrected chi connectivity index (χ4v) is 5.55. The summed E-state index contributed by atoms with van der Waals surface area (Å²) in [6, 6.07) is 8.41. The topological polar surface area (TPSA) is 21.3 Å². The van der Waals surface area contributed by atoms with Gasteiger partial charge in [0.15, 0.2) is 0 Å². The Morgan fingerprint density at radius 2 is 1.70 bits per heavy atom. The Kier molecular flexibility index (Phi) is 5.03. The van der Waals surface area contributed by atoms with Gasteiger partial charge in [-0.3, -0.25) is 0 Å². The molecule has 1 aromatic carbocycles. The van der Waals surface area contributed by atoms with Gasteiger partial charge in [0.1, 0.15) is 12.4 Å². The minimum atomic E-state index is 0. The third-order valence-electron chi connectivity index (χ3n) is 6.02. The van der Waals surface area contributed by atoms with Gasteiger partial charge in [0.2, 0.25) is 0 Å². The number of hydrogen-bond donors (Lipinski definition) is 1. The van der Waals surface area contributed by atoms with Crippen LogP contribution in [0.2, 0.25) is 0 Å². The summed E-state index contributed by atoms with van der Waals surface area (Å²) in [6.07, 6.45) is 10.5. The molecule has 0 heterocycles. The van der Waals surface area contributed by atoms with Gasteiger partial charge in [0.05, 0.1) is 0 Å². The number of benzene rings is 1. The molecule has 3 heteroatoms. The first-order chi connectivity index (χ1) is 10.8. The highest BCUT2D eigenvalue weighted by atomic mass is 35.5. The van der Waals surface area contributed by atoms with E-state index in [0.29, 0.717) is 12.1 Å². The standard InChI is InChI=1S/C20H27NO.ClH/c1-2-7-22-19-6-4-3-5-18(19)14-21-20-11-15-8-16(12-20)10-17(9-15)13-20;/h2-6,15-17,21H,1,7-14H2;1H. The molecule has 0 saturated heterocycles. The molecular formula is C20H28ClNO. The van der Waals surface area contributed by atoms with Gasteiger partial charge in [-0.05, 0) is 62.3 Å². The van der Waals surface area contributed by atoms with Crippen molar-refractivity contribution in [2.75, 3.05) is 6.61 Å². The highest BCUT2D eigenvalue weighted by molar-refractivity contribution is 5.85. The molecule has 0 radical (unpaired) electrons. The normalized spacial score (nSPS) is 34.0. The van der Waals surface area contributed by atoms with Crippen LogP contribution in [0.5, 0.6) is 5.75 Å². The van der Waals surface area contributed by atoms with Crippen LogP contribution < -0.4 is 10.1 Å². The van der Waals surface area contributed by atoms with Crippen molar-refractivity contribution >= 4 is 12.4 Å². The van der Waals surface area contributed by atoms with Crippen molar-refractivity contribution in [1.29, 1.82) is 0 Å². The van der Waals surface area contributed by atoms with Gasteiger partial charge in [-0.2, -0.15) is 0 Å². The van der Waals surface area contributed by atoms with Gasteiger partial charge < -0.3 is 10.1 Å². The largest absolute Gasteiger partial charge is 0.489 e. The Morgan fingerprint density at radius 3 is 2.30 bits per heavy atom. The summed E-state index contributed by atoms with van der Waals surface area (Å²) in [7, 11) is 0. The Labute approximate surface area is 146 Å². The minimum Gasteiger partial charge on any atom is -0.489 e. The van der Waals surface area contributed by atoms with Crippen LogP contribution in [0.3, 0.4) is 0 Å². The van der Waals surface area contributed by atoms with E-state index in [1.54, 1.807) is 0 Å². The van der Waals surface area contributed by atoms with Crippen LogP contribution in [-0.2, 0) is 6.54 Å². The molecule has 23 heavy (non-hydrogen) atoms. The number of rotatable bonds is 6. The molecule has 4 saturated carbocycles.